The van der Waals surface area contributed by atoms with E-state index in [1.807, 2.05) is 20.1 Å². The SMILES string of the molecule is CSC(=N)Nc1cc(C)ccc1C.I. The van der Waals surface area contributed by atoms with Gasteiger partial charge in [-0.25, -0.2) is 0 Å². The molecule has 0 aliphatic heterocycles. The fraction of sp³-hybridized carbons (Fsp3) is 0.300. The van der Waals surface area contributed by atoms with Gasteiger partial charge in [0.1, 0.15) is 0 Å². The number of nitrogens with one attached hydrogen (secondary N) is 2. The van der Waals surface area contributed by atoms with Crippen molar-refractivity contribution < 1.29 is 0 Å². The molecule has 0 heterocycles. The van der Waals surface area contributed by atoms with Crippen molar-refractivity contribution in [1.29, 1.82) is 5.41 Å². The van der Waals surface area contributed by atoms with Crippen molar-refractivity contribution in [1.82, 2.24) is 0 Å². The van der Waals surface area contributed by atoms with Gasteiger partial charge in [-0.3, -0.25) is 5.41 Å². The Hall–Kier alpha value is -0.230. The molecule has 0 aliphatic rings. The van der Waals surface area contributed by atoms with E-state index in [9.17, 15) is 0 Å². The number of amidine groups is 1. The highest BCUT2D eigenvalue weighted by Crippen LogP contribution is 2.17. The summed E-state index contributed by atoms with van der Waals surface area (Å²) >= 11 is 1.41. The van der Waals surface area contributed by atoms with Crippen LogP contribution in [0, 0.1) is 19.3 Å². The molecule has 0 radical (unpaired) electrons. The molecule has 1 rings (SSSR count). The minimum absolute atomic E-state index is 0. The monoisotopic (exact) mass is 322 g/mol. The van der Waals surface area contributed by atoms with Crippen LogP contribution in [0.25, 0.3) is 0 Å². The first-order chi connectivity index (χ1) is 6.13. The van der Waals surface area contributed by atoms with Crippen LogP contribution in [0.15, 0.2) is 18.2 Å². The van der Waals surface area contributed by atoms with Crippen LogP contribution in [0.4, 0.5) is 5.69 Å². The molecule has 14 heavy (non-hydrogen) atoms. The van der Waals surface area contributed by atoms with Crippen LogP contribution in [-0.2, 0) is 0 Å². The molecule has 2 nitrogen and oxygen atoms in total. The average Bonchev–Trinajstić information content (AvgIpc) is 2.11. The van der Waals surface area contributed by atoms with Crippen LogP contribution in [-0.4, -0.2) is 11.4 Å². The molecule has 0 fully saturated rings. The number of rotatable bonds is 1. The molecule has 0 unspecified atom stereocenters. The van der Waals surface area contributed by atoms with E-state index in [4.69, 9.17) is 5.41 Å². The number of benzene rings is 1. The summed E-state index contributed by atoms with van der Waals surface area (Å²) in [6.45, 7) is 4.09. The first-order valence-electron chi connectivity index (χ1n) is 4.10. The van der Waals surface area contributed by atoms with Crippen molar-refractivity contribution in [3.63, 3.8) is 0 Å². The van der Waals surface area contributed by atoms with Crippen molar-refractivity contribution in [3.05, 3.63) is 29.3 Å². The minimum atomic E-state index is 0. The summed E-state index contributed by atoms with van der Waals surface area (Å²) in [5, 5.41) is 11.0. The van der Waals surface area contributed by atoms with Gasteiger partial charge in [0.15, 0.2) is 5.17 Å². The van der Waals surface area contributed by atoms with E-state index in [-0.39, 0.29) is 24.0 Å². The molecule has 0 aromatic heterocycles. The Morgan fingerprint density at radius 3 is 2.57 bits per heavy atom. The molecule has 0 saturated heterocycles. The first kappa shape index (κ1) is 13.8. The Balaban J connectivity index is 0.00000169. The summed E-state index contributed by atoms with van der Waals surface area (Å²) in [5.74, 6) is 0. The summed E-state index contributed by atoms with van der Waals surface area (Å²) in [6, 6.07) is 6.19. The molecular formula is C10H15IN2S. The van der Waals surface area contributed by atoms with E-state index >= 15 is 0 Å². The Morgan fingerprint density at radius 1 is 1.36 bits per heavy atom. The van der Waals surface area contributed by atoms with E-state index in [0.717, 1.165) is 5.69 Å². The third kappa shape index (κ3) is 3.88. The smallest absolute Gasteiger partial charge is 0.157 e. The lowest BCUT2D eigenvalue weighted by atomic mass is 10.1. The van der Waals surface area contributed by atoms with Gasteiger partial charge in [0.2, 0.25) is 0 Å². The molecule has 0 saturated carbocycles. The van der Waals surface area contributed by atoms with Crippen LogP contribution >= 0.6 is 35.7 Å². The molecule has 0 amide bonds. The molecule has 0 aliphatic carbocycles. The predicted molar refractivity (Wildman–Crippen MR) is 76.2 cm³/mol. The number of hydrogen-bond donors (Lipinski definition) is 2. The molecule has 1 aromatic rings. The molecule has 78 valence electrons. The van der Waals surface area contributed by atoms with Crippen molar-refractivity contribution in [2.75, 3.05) is 11.6 Å². The zero-order valence-corrected chi connectivity index (χ0v) is 11.7. The van der Waals surface area contributed by atoms with Gasteiger partial charge in [-0.2, -0.15) is 0 Å². The average molecular weight is 322 g/mol. The van der Waals surface area contributed by atoms with E-state index < -0.39 is 0 Å². The fourth-order valence-electron chi connectivity index (χ4n) is 1.04. The highest BCUT2D eigenvalue weighted by atomic mass is 127. The van der Waals surface area contributed by atoms with Crippen LogP contribution in [0.5, 0.6) is 0 Å². The Morgan fingerprint density at radius 2 is 2.00 bits per heavy atom. The van der Waals surface area contributed by atoms with Gasteiger partial charge in [0.25, 0.3) is 0 Å². The number of halogens is 1. The topological polar surface area (TPSA) is 35.9 Å². The summed E-state index contributed by atoms with van der Waals surface area (Å²) in [4.78, 5) is 0. The zero-order chi connectivity index (χ0) is 9.84. The number of aryl methyl sites for hydroxylation is 2. The summed E-state index contributed by atoms with van der Waals surface area (Å²) in [7, 11) is 0. The first-order valence-corrected chi connectivity index (χ1v) is 5.33. The zero-order valence-electron chi connectivity index (χ0n) is 8.55. The Bertz CT molecular complexity index is 326. The third-order valence-corrected chi connectivity index (χ3v) is 2.36. The molecule has 2 N–H and O–H groups in total. The van der Waals surface area contributed by atoms with Gasteiger partial charge in [-0.15, -0.1) is 24.0 Å². The van der Waals surface area contributed by atoms with Crippen molar-refractivity contribution in [2.24, 2.45) is 0 Å². The van der Waals surface area contributed by atoms with Gasteiger partial charge in [0.05, 0.1) is 0 Å². The van der Waals surface area contributed by atoms with E-state index in [1.54, 1.807) is 0 Å². The molecular weight excluding hydrogens is 307 g/mol. The van der Waals surface area contributed by atoms with Crippen molar-refractivity contribution in [3.8, 4) is 0 Å². The fourth-order valence-corrected chi connectivity index (χ4v) is 1.26. The maximum Gasteiger partial charge on any atom is 0.157 e. The van der Waals surface area contributed by atoms with Crippen LogP contribution in [0.3, 0.4) is 0 Å². The maximum absolute atomic E-state index is 7.49. The second-order valence-corrected chi connectivity index (χ2v) is 3.79. The number of thioether (sulfide) groups is 1. The number of anilines is 1. The summed E-state index contributed by atoms with van der Waals surface area (Å²) < 4.78 is 0. The van der Waals surface area contributed by atoms with Crippen LogP contribution in [0.1, 0.15) is 11.1 Å². The quantitative estimate of drug-likeness (QED) is 0.470. The largest absolute Gasteiger partial charge is 0.335 e. The molecule has 0 spiro atoms. The predicted octanol–water partition coefficient (Wildman–Crippen LogP) is 3.63. The van der Waals surface area contributed by atoms with E-state index in [1.165, 1.54) is 22.9 Å². The summed E-state index contributed by atoms with van der Waals surface area (Å²) in [5.41, 5.74) is 3.41. The standard InChI is InChI=1S/C10H14N2S.HI/c1-7-4-5-8(2)9(6-7)12-10(11)13-3;/h4-6H,1-3H3,(H2,11,12);1H. The molecule has 1 aromatic carbocycles. The van der Waals surface area contributed by atoms with Gasteiger partial charge in [-0.05, 0) is 37.3 Å². The van der Waals surface area contributed by atoms with Gasteiger partial charge >= 0.3 is 0 Å². The van der Waals surface area contributed by atoms with Crippen LogP contribution in [0.2, 0.25) is 0 Å². The molecule has 0 atom stereocenters. The minimum Gasteiger partial charge on any atom is -0.335 e. The van der Waals surface area contributed by atoms with Gasteiger partial charge < -0.3 is 5.32 Å². The van der Waals surface area contributed by atoms with E-state index in [0.29, 0.717) is 5.17 Å². The molecule has 4 heteroatoms. The maximum atomic E-state index is 7.49. The summed E-state index contributed by atoms with van der Waals surface area (Å²) in [6.07, 6.45) is 1.89. The number of hydrogen-bond acceptors (Lipinski definition) is 2. The lowest BCUT2D eigenvalue weighted by molar-refractivity contribution is 1.38. The highest BCUT2D eigenvalue weighted by molar-refractivity contribution is 14.0. The normalized spacial score (nSPS) is 9.07. The second kappa shape index (κ2) is 6.29. The van der Waals surface area contributed by atoms with E-state index in [2.05, 4.69) is 23.5 Å². The third-order valence-electron chi connectivity index (χ3n) is 1.85. The Labute approximate surface area is 106 Å². The lowest BCUT2D eigenvalue weighted by Gasteiger charge is -2.09. The van der Waals surface area contributed by atoms with Crippen LogP contribution < -0.4 is 5.32 Å². The van der Waals surface area contributed by atoms with Crippen molar-refractivity contribution >= 4 is 46.6 Å². The lowest BCUT2D eigenvalue weighted by Crippen LogP contribution is -2.06. The van der Waals surface area contributed by atoms with Gasteiger partial charge in [-0.1, -0.05) is 23.9 Å². The Kier molecular flexibility index (Phi) is 6.19. The highest BCUT2D eigenvalue weighted by Gasteiger charge is 1.99. The second-order valence-electron chi connectivity index (χ2n) is 2.98. The van der Waals surface area contributed by atoms with Crippen molar-refractivity contribution in [2.45, 2.75) is 13.8 Å². The molecule has 0 bridgehead atoms. The van der Waals surface area contributed by atoms with Gasteiger partial charge in [0, 0.05) is 5.69 Å².